The molecule has 0 bridgehead atoms. The van der Waals surface area contributed by atoms with Gasteiger partial charge in [0.15, 0.2) is 11.6 Å². The molecule has 3 N–H and O–H groups in total. The number of Topliss-reactive ketones (excluding diaryl/α,β-unsaturated/α-hetero) is 1. The maximum absolute atomic E-state index is 13.0. The van der Waals surface area contributed by atoms with Gasteiger partial charge in [-0.3, -0.25) is 4.79 Å². The molecular weight excluding hydrogens is 378 g/mol. The molecule has 2 aliphatic rings. The summed E-state index contributed by atoms with van der Waals surface area (Å²) < 4.78 is 6.19. The number of aromatic nitrogens is 1. The van der Waals surface area contributed by atoms with Crippen LogP contribution in [0.3, 0.4) is 0 Å². The summed E-state index contributed by atoms with van der Waals surface area (Å²) in [5.74, 6) is 1.64. The van der Waals surface area contributed by atoms with Gasteiger partial charge in [0.2, 0.25) is 0 Å². The molecule has 0 fully saturated rings. The first kappa shape index (κ1) is 20.1. The summed E-state index contributed by atoms with van der Waals surface area (Å²) in [6.45, 7) is 8.49. The second-order valence-corrected chi connectivity index (χ2v) is 8.64. The number of aliphatic imine (C=N–C) groups is 1. The number of nitrogens with zero attached hydrogens (tertiary/aromatic N) is 2. The number of nitrogen functional groups attached to an aromatic ring is 1. The third-order valence-corrected chi connectivity index (χ3v) is 5.67. The van der Waals surface area contributed by atoms with E-state index < -0.39 is 0 Å². The van der Waals surface area contributed by atoms with E-state index in [9.17, 15) is 9.90 Å². The number of benzene rings is 1. The Labute approximate surface area is 176 Å². The monoisotopic (exact) mass is 405 g/mol. The van der Waals surface area contributed by atoms with Crippen LogP contribution < -0.4 is 10.5 Å². The Morgan fingerprint density at radius 2 is 1.80 bits per heavy atom. The van der Waals surface area contributed by atoms with Crippen molar-refractivity contribution in [1.29, 1.82) is 0 Å². The number of aryl methyl sites for hydroxylation is 1. The molecule has 0 atom stereocenters. The van der Waals surface area contributed by atoms with Crippen molar-refractivity contribution in [2.24, 2.45) is 16.8 Å². The van der Waals surface area contributed by atoms with Crippen LogP contribution >= 0.6 is 0 Å². The molecule has 0 amide bonds. The van der Waals surface area contributed by atoms with Crippen molar-refractivity contribution in [2.45, 2.75) is 46.6 Å². The zero-order valence-electron chi connectivity index (χ0n) is 17.8. The Hall–Kier alpha value is -3.15. The number of pyridine rings is 1. The molecule has 0 radical (unpaired) electrons. The predicted octanol–water partition coefficient (Wildman–Crippen LogP) is 4.91. The third-order valence-electron chi connectivity index (χ3n) is 5.67. The molecule has 2 aromatic rings. The first-order chi connectivity index (χ1) is 14.3. The Morgan fingerprint density at radius 1 is 1.07 bits per heavy atom. The Morgan fingerprint density at radius 3 is 2.50 bits per heavy atom. The minimum absolute atomic E-state index is 0.0382. The average Bonchev–Trinajstić information content (AvgIpc) is 2.95. The van der Waals surface area contributed by atoms with Gasteiger partial charge in [-0.05, 0) is 54.5 Å². The van der Waals surface area contributed by atoms with Crippen LogP contribution in [-0.4, -0.2) is 27.7 Å². The van der Waals surface area contributed by atoms with Crippen molar-refractivity contribution in [1.82, 2.24) is 4.98 Å². The molecule has 2 heterocycles. The van der Waals surface area contributed by atoms with Crippen LogP contribution in [0.1, 0.15) is 55.6 Å². The van der Waals surface area contributed by atoms with E-state index in [1.54, 1.807) is 24.4 Å². The van der Waals surface area contributed by atoms with Gasteiger partial charge in [0, 0.05) is 11.1 Å². The summed E-state index contributed by atoms with van der Waals surface area (Å²) in [7, 11) is 0. The molecule has 6 heteroatoms. The second kappa shape index (κ2) is 7.59. The standard InChI is InChI=1S/C24H27N3O3/c1-12(2)23(13(3)4)30-16-6-7-17-18(10-16)22(29)20(21(17)28)19-8-5-14-9-15(25)11-26-24(14)27-19/h6-7,9-13,23,29H,5,8,25H2,1-4H3. The summed E-state index contributed by atoms with van der Waals surface area (Å²) in [6, 6.07) is 7.13. The molecule has 0 saturated carbocycles. The number of nitrogens with two attached hydrogens (primary N) is 1. The predicted molar refractivity (Wildman–Crippen MR) is 118 cm³/mol. The molecule has 1 aromatic carbocycles. The normalized spacial score (nSPS) is 15.7. The van der Waals surface area contributed by atoms with Crippen LogP contribution in [-0.2, 0) is 6.42 Å². The van der Waals surface area contributed by atoms with Crippen LogP contribution in [0.5, 0.6) is 5.75 Å². The molecule has 0 spiro atoms. The van der Waals surface area contributed by atoms with Crippen molar-refractivity contribution in [3.8, 4) is 5.75 Å². The quantitative estimate of drug-likeness (QED) is 0.737. The van der Waals surface area contributed by atoms with Gasteiger partial charge in [-0.2, -0.15) is 0 Å². The number of aliphatic hydroxyl groups is 1. The molecule has 1 aromatic heterocycles. The van der Waals surface area contributed by atoms with Crippen LogP contribution in [0.25, 0.3) is 5.76 Å². The van der Waals surface area contributed by atoms with Gasteiger partial charge in [-0.15, -0.1) is 0 Å². The Kier molecular flexibility index (Phi) is 5.10. The molecule has 1 aliphatic carbocycles. The van der Waals surface area contributed by atoms with Gasteiger partial charge >= 0.3 is 0 Å². The van der Waals surface area contributed by atoms with Crippen LogP contribution in [0.2, 0.25) is 0 Å². The lowest BCUT2D eigenvalue weighted by molar-refractivity contribution is 0.103. The smallest absolute Gasteiger partial charge is 0.199 e. The van der Waals surface area contributed by atoms with E-state index in [0.717, 1.165) is 5.56 Å². The minimum Gasteiger partial charge on any atom is -0.506 e. The number of carbonyl (C=O) groups excluding carboxylic acids is 1. The zero-order valence-corrected chi connectivity index (χ0v) is 17.8. The van der Waals surface area contributed by atoms with Gasteiger partial charge in [-0.1, -0.05) is 27.7 Å². The number of aliphatic hydroxyl groups excluding tert-OH is 1. The van der Waals surface area contributed by atoms with Crippen molar-refractivity contribution in [3.05, 3.63) is 52.7 Å². The number of ether oxygens (including phenoxy) is 1. The largest absolute Gasteiger partial charge is 0.506 e. The van der Waals surface area contributed by atoms with Gasteiger partial charge in [0.05, 0.1) is 23.2 Å². The summed E-state index contributed by atoms with van der Waals surface area (Å²) in [5.41, 5.74) is 9.13. The maximum atomic E-state index is 13.0. The number of carbonyl (C=O) groups is 1. The number of hydrogen-bond acceptors (Lipinski definition) is 6. The topological polar surface area (TPSA) is 97.8 Å². The summed E-state index contributed by atoms with van der Waals surface area (Å²) in [6.07, 6.45) is 2.81. The third kappa shape index (κ3) is 3.47. The molecule has 0 saturated heterocycles. The lowest BCUT2D eigenvalue weighted by atomic mass is 9.96. The van der Waals surface area contributed by atoms with E-state index in [0.29, 0.717) is 58.8 Å². The fraction of sp³-hybridized carbons (Fsp3) is 0.375. The SMILES string of the molecule is CC(C)C(Oc1ccc2c(c1)C(O)=C(C1=Nc3ncc(N)cc3CC1)C2=O)C(C)C. The maximum Gasteiger partial charge on any atom is 0.199 e. The molecule has 1 aliphatic heterocycles. The molecule has 4 rings (SSSR count). The van der Waals surface area contributed by atoms with Crippen LogP contribution in [0, 0.1) is 11.8 Å². The van der Waals surface area contributed by atoms with Crippen molar-refractivity contribution >= 4 is 28.8 Å². The van der Waals surface area contributed by atoms with Crippen LogP contribution in [0.4, 0.5) is 11.5 Å². The molecular formula is C24H27N3O3. The Balaban J connectivity index is 1.69. The molecule has 30 heavy (non-hydrogen) atoms. The summed E-state index contributed by atoms with van der Waals surface area (Å²) in [4.78, 5) is 21.9. The number of allylic oxidation sites excluding steroid dienone is 1. The highest BCUT2D eigenvalue weighted by molar-refractivity contribution is 6.36. The first-order valence-electron chi connectivity index (χ1n) is 10.4. The lowest BCUT2D eigenvalue weighted by Crippen LogP contribution is -2.28. The summed E-state index contributed by atoms with van der Waals surface area (Å²) in [5, 5.41) is 10.9. The summed E-state index contributed by atoms with van der Waals surface area (Å²) >= 11 is 0. The fourth-order valence-corrected chi connectivity index (χ4v) is 4.26. The highest BCUT2D eigenvalue weighted by Gasteiger charge is 2.34. The van der Waals surface area contributed by atoms with Gasteiger partial charge < -0.3 is 15.6 Å². The molecule has 156 valence electrons. The van der Waals surface area contributed by atoms with E-state index in [-0.39, 0.29) is 23.2 Å². The van der Waals surface area contributed by atoms with Crippen molar-refractivity contribution < 1.29 is 14.6 Å². The lowest BCUT2D eigenvalue weighted by Gasteiger charge is -2.26. The first-order valence-corrected chi connectivity index (χ1v) is 10.4. The van der Waals surface area contributed by atoms with E-state index in [2.05, 4.69) is 37.7 Å². The van der Waals surface area contributed by atoms with Crippen molar-refractivity contribution in [3.63, 3.8) is 0 Å². The molecule has 6 nitrogen and oxygen atoms in total. The van der Waals surface area contributed by atoms with E-state index in [4.69, 9.17) is 10.5 Å². The number of rotatable bonds is 5. The number of anilines is 1. The average molecular weight is 405 g/mol. The number of fused-ring (bicyclic) bond motifs is 2. The number of hydrogen-bond donors (Lipinski definition) is 2. The highest BCUT2D eigenvalue weighted by atomic mass is 16.5. The van der Waals surface area contributed by atoms with Gasteiger partial charge in [0.25, 0.3) is 0 Å². The second-order valence-electron chi connectivity index (χ2n) is 8.64. The zero-order chi connectivity index (χ0) is 21.6. The van der Waals surface area contributed by atoms with E-state index in [1.165, 1.54) is 0 Å². The molecule has 0 unspecified atom stereocenters. The van der Waals surface area contributed by atoms with Gasteiger partial charge in [0.1, 0.15) is 17.6 Å². The van der Waals surface area contributed by atoms with Gasteiger partial charge in [-0.25, -0.2) is 9.98 Å². The van der Waals surface area contributed by atoms with Crippen molar-refractivity contribution in [2.75, 3.05) is 5.73 Å². The number of ketones is 1. The fourth-order valence-electron chi connectivity index (χ4n) is 4.26. The van der Waals surface area contributed by atoms with Crippen LogP contribution in [0.15, 0.2) is 41.0 Å². The van der Waals surface area contributed by atoms with E-state index >= 15 is 0 Å². The highest BCUT2D eigenvalue weighted by Crippen LogP contribution is 2.38. The van der Waals surface area contributed by atoms with E-state index in [1.807, 2.05) is 6.07 Å². The minimum atomic E-state index is -0.212. The Bertz CT molecular complexity index is 1080.